The van der Waals surface area contributed by atoms with E-state index < -0.39 is 0 Å². The number of hydrogen-bond acceptors (Lipinski definition) is 5. The average molecular weight is 409 g/mol. The molecule has 2 aromatic rings. The van der Waals surface area contributed by atoms with Crippen LogP contribution in [0.4, 0.5) is 5.69 Å². The zero-order chi connectivity index (χ0) is 21.1. The first-order valence-corrected chi connectivity index (χ1v) is 10.3. The highest BCUT2D eigenvalue weighted by Crippen LogP contribution is 2.29. The summed E-state index contributed by atoms with van der Waals surface area (Å²) in [6.45, 7) is 2.16. The van der Waals surface area contributed by atoms with Gasteiger partial charge in [0.05, 0.1) is 24.3 Å². The zero-order valence-corrected chi connectivity index (χ0v) is 17.1. The van der Waals surface area contributed by atoms with Crippen LogP contribution >= 0.6 is 0 Å². The number of benzene rings is 2. The third kappa shape index (κ3) is 4.63. The Morgan fingerprint density at radius 2 is 2.10 bits per heavy atom. The van der Waals surface area contributed by atoms with Gasteiger partial charge in [0.1, 0.15) is 5.75 Å². The Morgan fingerprint density at radius 3 is 2.83 bits per heavy atom. The molecule has 1 fully saturated rings. The summed E-state index contributed by atoms with van der Waals surface area (Å²) in [5, 5.41) is 12.7. The number of rotatable bonds is 6. The molecule has 4 rings (SSSR count). The largest absolute Gasteiger partial charge is 0.482 e. The highest BCUT2D eigenvalue weighted by Gasteiger charge is 2.28. The van der Waals surface area contributed by atoms with Crippen LogP contribution in [0.5, 0.6) is 5.75 Å². The number of β-amino-alcohol motifs (C(OH)–C–C–N with tert-alkyl or cyclic N) is 1. The molecule has 0 aromatic heterocycles. The first-order chi connectivity index (χ1) is 14.5. The molecule has 1 saturated heterocycles. The molecule has 0 bridgehead atoms. The molecule has 2 aliphatic rings. The number of likely N-dealkylation sites (tertiary alicyclic amines) is 1. The van der Waals surface area contributed by atoms with Gasteiger partial charge in [-0.2, -0.15) is 0 Å². The number of aliphatic hydroxyl groups excluding tert-OH is 1. The maximum Gasteiger partial charge on any atom is 0.262 e. The van der Waals surface area contributed by atoms with Gasteiger partial charge in [-0.25, -0.2) is 0 Å². The van der Waals surface area contributed by atoms with Crippen LogP contribution in [0.2, 0.25) is 0 Å². The summed E-state index contributed by atoms with van der Waals surface area (Å²) in [6.07, 6.45) is 0.698. The van der Waals surface area contributed by atoms with Crippen molar-refractivity contribution in [1.29, 1.82) is 0 Å². The highest BCUT2D eigenvalue weighted by atomic mass is 16.5. The first kappa shape index (κ1) is 20.4. The van der Waals surface area contributed by atoms with Crippen LogP contribution < -0.4 is 10.1 Å². The summed E-state index contributed by atoms with van der Waals surface area (Å²) in [5.41, 5.74) is 2.49. The standard InChI is InChI=1S/C23H27N3O4/c1-25(20(17-5-3-2-4-6-17)14-26-10-9-18(27)13-26)23(29)12-16-7-8-21-19(11-16)24-22(28)15-30-21/h2-8,11,18,20,27H,9-10,12-15H2,1H3,(H,24,28)/t18-,20+/m0/s1. The van der Waals surface area contributed by atoms with Gasteiger partial charge < -0.3 is 20.1 Å². The topological polar surface area (TPSA) is 82.1 Å². The van der Waals surface area contributed by atoms with E-state index in [9.17, 15) is 14.7 Å². The minimum absolute atomic E-state index is 0.00778. The lowest BCUT2D eigenvalue weighted by atomic mass is 10.0. The van der Waals surface area contributed by atoms with Gasteiger partial charge in [0.2, 0.25) is 5.91 Å². The van der Waals surface area contributed by atoms with Crippen LogP contribution in [0.3, 0.4) is 0 Å². The Labute approximate surface area is 176 Å². The van der Waals surface area contributed by atoms with E-state index in [2.05, 4.69) is 10.2 Å². The fraction of sp³-hybridized carbons (Fsp3) is 0.391. The molecule has 2 heterocycles. The smallest absolute Gasteiger partial charge is 0.262 e. The summed E-state index contributed by atoms with van der Waals surface area (Å²) >= 11 is 0. The van der Waals surface area contributed by atoms with Crippen molar-refractivity contribution in [2.45, 2.75) is 25.0 Å². The number of ether oxygens (including phenoxy) is 1. The van der Waals surface area contributed by atoms with E-state index in [-0.39, 0.29) is 37.0 Å². The van der Waals surface area contributed by atoms with Crippen LogP contribution in [0.15, 0.2) is 48.5 Å². The summed E-state index contributed by atoms with van der Waals surface area (Å²) in [7, 11) is 1.83. The second-order valence-electron chi connectivity index (χ2n) is 7.98. The van der Waals surface area contributed by atoms with E-state index in [1.165, 1.54) is 0 Å². The Hall–Kier alpha value is -2.90. The molecule has 0 aliphatic carbocycles. The van der Waals surface area contributed by atoms with E-state index in [0.29, 0.717) is 24.5 Å². The molecular weight excluding hydrogens is 382 g/mol. The number of amides is 2. The fourth-order valence-electron chi connectivity index (χ4n) is 4.06. The molecule has 2 N–H and O–H groups in total. The number of hydrogen-bond donors (Lipinski definition) is 2. The third-order valence-corrected chi connectivity index (χ3v) is 5.76. The molecule has 7 heteroatoms. The van der Waals surface area contributed by atoms with Gasteiger partial charge >= 0.3 is 0 Å². The molecule has 0 unspecified atom stereocenters. The van der Waals surface area contributed by atoms with Crippen molar-refractivity contribution in [3.63, 3.8) is 0 Å². The maximum absolute atomic E-state index is 13.1. The first-order valence-electron chi connectivity index (χ1n) is 10.3. The number of carbonyl (C=O) groups is 2. The summed E-state index contributed by atoms with van der Waals surface area (Å²) in [6, 6.07) is 15.3. The monoisotopic (exact) mass is 409 g/mol. The predicted octanol–water partition coefficient (Wildman–Crippen LogP) is 1.83. The summed E-state index contributed by atoms with van der Waals surface area (Å²) in [5.74, 6) is 0.417. The van der Waals surface area contributed by atoms with Crippen molar-refractivity contribution in [2.75, 3.05) is 38.6 Å². The second kappa shape index (κ2) is 8.85. The van der Waals surface area contributed by atoms with Gasteiger partial charge in [-0.15, -0.1) is 0 Å². The number of likely N-dealkylation sites (N-methyl/N-ethyl adjacent to an activating group) is 1. The molecule has 2 atom stereocenters. The third-order valence-electron chi connectivity index (χ3n) is 5.76. The van der Waals surface area contributed by atoms with E-state index in [1.807, 2.05) is 43.4 Å². The predicted molar refractivity (Wildman–Crippen MR) is 113 cm³/mol. The van der Waals surface area contributed by atoms with Crippen molar-refractivity contribution < 1.29 is 19.4 Å². The molecule has 2 aliphatic heterocycles. The van der Waals surface area contributed by atoms with Crippen LogP contribution in [-0.2, 0) is 16.0 Å². The van der Waals surface area contributed by atoms with Crippen molar-refractivity contribution in [1.82, 2.24) is 9.80 Å². The zero-order valence-electron chi connectivity index (χ0n) is 17.1. The molecule has 2 amide bonds. The maximum atomic E-state index is 13.1. The average Bonchev–Trinajstić information content (AvgIpc) is 3.16. The SMILES string of the molecule is CN(C(=O)Cc1ccc2c(c1)NC(=O)CO2)[C@H](CN1CC[C@H](O)C1)c1ccccc1. The van der Waals surface area contributed by atoms with Crippen molar-refractivity contribution in [3.8, 4) is 5.75 Å². The normalized spacial score (nSPS) is 19.5. The highest BCUT2D eigenvalue weighted by molar-refractivity contribution is 5.95. The van der Waals surface area contributed by atoms with Gasteiger partial charge in [0.25, 0.3) is 5.91 Å². The van der Waals surface area contributed by atoms with Crippen molar-refractivity contribution >= 4 is 17.5 Å². The molecule has 2 aromatic carbocycles. The van der Waals surface area contributed by atoms with E-state index in [4.69, 9.17) is 4.74 Å². The molecular formula is C23H27N3O4. The van der Waals surface area contributed by atoms with Crippen LogP contribution in [0, 0.1) is 0 Å². The second-order valence-corrected chi connectivity index (χ2v) is 7.98. The molecule has 30 heavy (non-hydrogen) atoms. The van der Waals surface area contributed by atoms with E-state index in [0.717, 1.165) is 24.1 Å². The number of carbonyl (C=O) groups excluding carboxylic acids is 2. The minimum Gasteiger partial charge on any atom is -0.482 e. The van der Waals surface area contributed by atoms with Gasteiger partial charge in [-0.1, -0.05) is 36.4 Å². The van der Waals surface area contributed by atoms with E-state index in [1.54, 1.807) is 17.0 Å². The summed E-state index contributed by atoms with van der Waals surface area (Å²) < 4.78 is 5.39. The van der Waals surface area contributed by atoms with Gasteiger partial charge in [0, 0.05) is 26.7 Å². The molecule has 7 nitrogen and oxygen atoms in total. The number of nitrogens with zero attached hydrogens (tertiary/aromatic N) is 2. The molecule has 0 spiro atoms. The fourth-order valence-corrected chi connectivity index (χ4v) is 4.06. The van der Waals surface area contributed by atoms with Gasteiger partial charge in [-0.3, -0.25) is 14.5 Å². The van der Waals surface area contributed by atoms with Crippen LogP contribution in [0.25, 0.3) is 0 Å². The lowest BCUT2D eigenvalue weighted by Gasteiger charge is -2.32. The number of fused-ring (bicyclic) bond motifs is 1. The molecule has 0 radical (unpaired) electrons. The minimum atomic E-state index is -0.296. The Balaban J connectivity index is 1.49. The summed E-state index contributed by atoms with van der Waals surface area (Å²) in [4.78, 5) is 28.7. The van der Waals surface area contributed by atoms with Gasteiger partial charge in [0.15, 0.2) is 6.61 Å². The van der Waals surface area contributed by atoms with Crippen LogP contribution in [-0.4, -0.2) is 66.1 Å². The van der Waals surface area contributed by atoms with Gasteiger partial charge in [-0.05, 0) is 29.7 Å². The lowest BCUT2D eigenvalue weighted by molar-refractivity contribution is -0.131. The van der Waals surface area contributed by atoms with E-state index >= 15 is 0 Å². The Morgan fingerprint density at radius 1 is 1.30 bits per heavy atom. The molecule has 158 valence electrons. The Kier molecular flexibility index (Phi) is 6.01. The molecule has 0 saturated carbocycles. The number of aliphatic hydroxyl groups is 1. The number of nitrogens with one attached hydrogen (secondary N) is 1. The van der Waals surface area contributed by atoms with Crippen molar-refractivity contribution in [2.24, 2.45) is 0 Å². The quantitative estimate of drug-likeness (QED) is 0.761. The Bertz CT molecular complexity index is 918. The van der Waals surface area contributed by atoms with Crippen LogP contribution in [0.1, 0.15) is 23.6 Å². The van der Waals surface area contributed by atoms with Crippen molar-refractivity contribution in [3.05, 3.63) is 59.7 Å². The number of anilines is 1. The lowest BCUT2D eigenvalue weighted by Crippen LogP contribution is -2.39.